The first-order valence-electron chi connectivity index (χ1n) is 3.10. The summed E-state index contributed by atoms with van der Waals surface area (Å²) in [5, 5.41) is 0. The molecule has 0 bridgehead atoms. The second-order valence-corrected chi connectivity index (χ2v) is 4.97. The van der Waals surface area contributed by atoms with Crippen molar-refractivity contribution in [2.75, 3.05) is 0 Å². The summed E-state index contributed by atoms with van der Waals surface area (Å²) >= 11 is 0. The molecule has 0 fully saturated rings. The molecule has 0 unspecified atom stereocenters. The molecular formula is CB2F8Li2O6S2. The Morgan fingerprint density at radius 1 is 0.667 bits per heavy atom. The molecule has 0 rings (SSSR count). The smallest absolute Gasteiger partial charge is 0.743 e. The van der Waals surface area contributed by atoms with Crippen molar-refractivity contribution in [3.05, 3.63) is 0 Å². The van der Waals surface area contributed by atoms with Crippen molar-refractivity contribution >= 4 is 35.3 Å². The van der Waals surface area contributed by atoms with E-state index in [-0.39, 0.29) is 37.7 Å². The number of rotatable bonds is 2. The van der Waals surface area contributed by atoms with Crippen LogP contribution >= 0.6 is 0 Å². The van der Waals surface area contributed by atoms with E-state index in [1.54, 1.807) is 0 Å². The molecule has 6 nitrogen and oxygen atoms in total. The van der Waals surface area contributed by atoms with Crippen molar-refractivity contribution < 1.29 is 98.3 Å². The van der Waals surface area contributed by atoms with Crippen molar-refractivity contribution in [3.8, 4) is 0 Å². The van der Waals surface area contributed by atoms with Crippen LogP contribution < -0.4 is 37.7 Å². The summed E-state index contributed by atoms with van der Waals surface area (Å²) in [6.07, 6.45) is 0. The van der Waals surface area contributed by atoms with Gasteiger partial charge in [0.25, 0.3) is 0 Å². The number of halogens is 8. The first kappa shape index (κ1) is 33.3. The molecule has 0 atom stereocenters. The molecular weight excluding hydrogens is 360 g/mol. The van der Waals surface area contributed by atoms with Crippen molar-refractivity contribution in [1.82, 2.24) is 0 Å². The monoisotopic (exact) mass is 360 g/mol. The van der Waals surface area contributed by atoms with Crippen LogP contribution in [0.2, 0.25) is 0 Å². The maximum absolute atomic E-state index is 11.6. The third-order valence-corrected chi connectivity index (χ3v) is 2.97. The Balaban J connectivity index is -0.0000000722. The maximum Gasteiger partial charge on any atom is 1.00 e. The summed E-state index contributed by atoms with van der Waals surface area (Å²) in [5.74, 6) is 0. The molecule has 0 saturated heterocycles. The summed E-state index contributed by atoms with van der Waals surface area (Å²) in [5.41, 5.74) is 0. The van der Waals surface area contributed by atoms with Crippen LogP contribution in [-0.4, -0.2) is 45.6 Å². The number of hydrogen-bond donors (Lipinski definition) is 0. The normalized spacial score (nSPS) is 10.4. The van der Waals surface area contributed by atoms with E-state index in [0.717, 1.165) is 0 Å². The Kier molecular flexibility index (Phi) is 20.7. The van der Waals surface area contributed by atoms with Crippen molar-refractivity contribution in [2.45, 2.75) is 4.59 Å². The molecule has 0 aromatic rings. The van der Waals surface area contributed by atoms with Crippen LogP contribution in [-0.2, 0) is 20.2 Å². The first-order valence-corrected chi connectivity index (χ1v) is 5.91. The van der Waals surface area contributed by atoms with Crippen molar-refractivity contribution in [1.29, 1.82) is 0 Å². The van der Waals surface area contributed by atoms with Gasteiger partial charge in [-0.25, -0.2) is 16.8 Å². The van der Waals surface area contributed by atoms with E-state index >= 15 is 0 Å². The fourth-order valence-electron chi connectivity index (χ4n) is 0.125. The Bertz CT molecular complexity index is 394. The molecule has 116 valence electrons. The minimum absolute atomic E-state index is 0. The average molecular weight is 360 g/mol. The van der Waals surface area contributed by atoms with Gasteiger partial charge in [-0.15, -0.1) is 0 Å². The topological polar surface area (TPSA) is 114 Å². The minimum Gasteiger partial charge on any atom is -0.743 e. The maximum atomic E-state index is 11.6. The Labute approximate surface area is 138 Å². The average Bonchev–Trinajstić information content (AvgIpc) is 1.96. The van der Waals surface area contributed by atoms with E-state index in [9.17, 15) is 60.6 Å². The summed E-state index contributed by atoms with van der Waals surface area (Å²) in [7, 11) is -20.2. The second kappa shape index (κ2) is 13.1. The zero-order chi connectivity index (χ0) is 16.7. The molecule has 0 saturated carbocycles. The van der Waals surface area contributed by atoms with Gasteiger partial charge in [-0.05, 0) is 0 Å². The van der Waals surface area contributed by atoms with Crippen LogP contribution in [0.3, 0.4) is 0 Å². The summed E-state index contributed by atoms with van der Waals surface area (Å²) in [6, 6.07) is 0. The Hall–Kier alpha value is 0.585. The molecule has 0 aromatic carbocycles. The zero-order valence-electron chi connectivity index (χ0n) is 9.94. The van der Waals surface area contributed by atoms with Crippen LogP contribution in [0.4, 0.5) is 34.7 Å². The molecule has 0 aliphatic heterocycles. The van der Waals surface area contributed by atoms with Crippen molar-refractivity contribution in [3.63, 3.8) is 0 Å². The van der Waals surface area contributed by atoms with E-state index in [4.69, 9.17) is 0 Å². The van der Waals surface area contributed by atoms with Crippen LogP contribution in [0, 0.1) is 0 Å². The van der Waals surface area contributed by atoms with E-state index in [1.165, 1.54) is 0 Å². The zero-order valence-corrected chi connectivity index (χ0v) is 11.6. The third kappa shape index (κ3) is 20.6. The van der Waals surface area contributed by atoms with Gasteiger partial charge in [0.15, 0.2) is 20.2 Å². The van der Waals surface area contributed by atoms with E-state index in [0.29, 0.717) is 0 Å². The quantitative estimate of drug-likeness (QED) is 0.276. The third-order valence-electron chi connectivity index (χ3n) is 0.582. The summed E-state index contributed by atoms with van der Waals surface area (Å²) in [4.78, 5) is 0. The molecule has 21 heavy (non-hydrogen) atoms. The fourth-order valence-corrected chi connectivity index (χ4v) is 1.12. The number of alkyl halides is 2. The fraction of sp³-hybridized carbons (Fsp3) is 1.00. The molecule has 0 N–H and O–H groups in total. The van der Waals surface area contributed by atoms with Crippen LogP contribution in [0.25, 0.3) is 0 Å². The van der Waals surface area contributed by atoms with Gasteiger partial charge in [0.1, 0.15) is 0 Å². The predicted molar refractivity (Wildman–Crippen MR) is 42.5 cm³/mol. The molecule has 0 amide bonds. The van der Waals surface area contributed by atoms with Crippen molar-refractivity contribution in [2.24, 2.45) is 0 Å². The van der Waals surface area contributed by atoms with Gasteiger partial charge >= 0.3 is 57.4 Å². The van der Waals surface area contributed by atoms with Gasteiger partial charge in [-0.3, -0.25) is 25.9 Å². The minimum atomic E-state index is -6.44. The van der Waals surface area contributed by atoms with Crippen LogP contribution in [0.5, 0.6) is 0 Å². The van der Waals surface area contributed by atoms with E-state index in [2.05, 4.69) is 0 Å². The summed E-state index contributed by atoms with van der Waals surface area (Å²) in [6.45, 7) is 0. The first-order chi connectivity index (χ1) is 7.96. The van der Waals surface area contributed by atoms with E-state index in [1.807, 2.05) is 0 Å². The molecule has 0 aromatic heterocycles. The molecule has 0 heterocycles. The largest absolute Gasteiger partial charge is 1.00 e. The van der Waals surface area contributed by atoms with Crippen LogP contribution in [0.1, 0.15) is 0 Å². The molecule has 0 spiro atoms. The Morgan fingerprint density at radius 3 is 0.762 bits per heavy atom. The molecule has 0 radical (unpaired) electrons. The Morgan fingerprint density at radius 2 is 0.762 bits per heavy atom. The van der Waals surface area contributed by atoms with Gasteiger partial charge in [-0.2, -0.15) is 8.78 Å². The van der Waals surface area contributed by atoms with Gasteiger partial charge in [0, 0.05) is 0 Å². The van der Waals surface area contributed by atoms with Gasteiger partial charge < -0.3 is 9.11 Å². The predicted octanol–water partition coefficient (Wildman–Crippen LogP) is -5.61. The number of hydrogen-bond acceptors (Lipinski definition) is 6. The summed E-state index contributed by atoms with van der Waals surface area (Å²) < 4.78 is 132. The van der Waals surface area contributed by atoms with Crippen LogP contribution in [0.15, 0.2) is 0 Å². The van der Waals surface area contributed by atoms with Gasteiger partial charge in [0.05, 0.1) is 0 Å². The van der Waals surface area contributed by atoms with Gasteiger partial charge in [-0.1, -0.05) is 0 Å². The second-order valence-electron chi connectivity index (χ2n) is 1.87. The molecule has 20 heteroatoms. The molecule has 0 aliphatic rings. The standard InChI is InChI=1S/CH2F2O6S2.2BF3.2Li/c2-1(3,10(4,5)6)11(7,8)9;2*2-1(3)4;;/h(H,4,5,6)(H,7,8,9);;;;/q;;;2*+1/p-2. The van der Waals surface area contributed by atoms with Gasteiger partial charge in [0.2, 0.25) is 0 Å². The van der Waals surface area contributed by atoms with E-state index < -0.39 is 39.9 Å². The SMILES string of the molecule is FB(F)F.FB(F)F.O=S(=O)([O-])C(F)(F)S(=O)(=O)[O-].[Li+].[Li+]. The molecule has 0 aliphatic carbocycles.